The molecule has 2 rings (SSSR count). The fourth-order valence-electron chi connectivity index (χ4n) is 3.00. The first-order valence-electron chi connectivity index (χ1n) is 7.33. The summed E-state index contributed by atoms with van der Waals surface area (Å²) in [5, 5.41) is 0.811. The molecule has 0 saturated heterocycles. The normalized spacial score (nSPS) is 15.1. The van der Waals surface area contributed by atoms with Gasteiger partial charge in [-0.3, -0.25) is 4.79 Å². The quantitative estimate of drug-likeness (QED) is 0.928. The molecule has 0 saturated carbocycles. The van der Waals surface area contributed by atoms with Crippen LogP contribution in [0.2, 0.25) is 5.02 Å². The molecular weight excluding hydrogens is 272 g/mol. The van der Waals surface area contributed by atoms with Crippen molar-refractivity contribution in [3.63, 3.8) is 0 Å². The van der Waals surface area contributed by atoms with Crippen LogP contribution in [0, 0.1) is 5.41 Å². The molecule has 1 heterocycles. The maximum absolute atomic E-state index is 12.8. The van der Waals surface area contributed by atoms with Gasteiger partial charge in [0.2, 0.25) is 5.91 Å². The van der Waals surface area contributed by atoms with E-state index in [1.54, 1.807) is 0 Å². The first kappa shape index (κ1) is 15.3. The van der Waals surface area contributed by atoms with Crippen molar-refractivity contribution in [1.82, 2.24) is 4.90 Å². The lowest BCUT2D eigenvalue weighted by Crippen LogP contribution is -2.49. The molecule has 1 aromatic rings. The fourth-order valence-corrected chi connectivity index (χ4v) is 3.29. The topological polar surface area (TPSA) is 46.3 Å². The zero-order valence-corrected chi connectivity index (χ0v) is 13.0. The minimum atomic E-state index is -0.407. The number of nitrogens with two attached hydrogens (primary N) is 1. The van der Waals surface area contributed by atoms with Crippen molar-refractivity contribution in [1.29, 1.82) is 0 Å². The SMILES string of the molecule is CCC(CC)(CN)C(=O)N1CCc2c(Cl)cccc2C1. The third kappa shape index (κ3) is 2.57. The Balaban J connectivity index is 2.23. The smallest absolute Gasteiger partial charge is 0.230 e. The minimum Gasteiger partial charge on any atom is -0.338 e. The molecule has 2 N–H and O–H groups in total. The largest absolute Gasteiger partial charge is 0.338 e. The molecule has 1 aliphatic heterocycles. The highest BCUT2D eigenvalue weighted by atomic mass is 35.5. The average Bonchev–Trinajstić information content (AvgIpc) is 2.49. The fraction of sp³-hybridized carbons (Fsp3) is 0.562. The van der Waals surface area contributed by atoms with Gasteiger partial charge < -0.3 is 10.6 Å². The second-order valence-electron chi connectivity index (χ2n) is 5.55. The van der Waals surface area contributed by atoms with Crippen molar-refractivity contribution >= 4 is 17.5 Å². The molecule has 1 aromatic carbocycles. The molecular formula is C16H23ClN2O. The number of carbonyl (C=O) groups is 1. The molecule has 1 amide bonds. The Kier molecular flexibility index (Phi) is 4.71. The van der Waals surface area contributed by atoms with Crippen LogP contribution in [0.4, 0.5) is 0 Å². The highest BCUT2D eigenvalue weighted by Gasteiger charge is 2.37. The summed E-state index contributed by atoms with van der Waals surface area (Å²) in [6, 6.07) is 5.92. The second-order valence-corrected chi connectivity index (χ2v) is 5.95. The van der Waals surface area contributed by atoms with E-state index < -0.39 is 5.41 Å². The third-order valence-corrected chi connectivity index (χ3v) is 5.05. The number of halogens is 1. The van der Waals surface area contributed by atoms with Crippen LogP contribution in [-0.4, -0.2) is 23.9 Å². The molecule has 0 atom stereocenters. The number of benzene rings is 1. The van der Waals surface area contributed by atoms with Gasteiger partial charge >= 0.3 is 0 Å². The highest BCUT2D eigenvalue weighted by Crippen LogP contribution is 2.32. The molecule has 0 fully saturated rings. The van der Waals surface area contributed by atoms with E-state index >= 15 is 0 Å². The molecule has 110 valence electrons. The van der Waals surface area contributed by atoms with Gasteiger partial charge in [0.25, 0.3) is 0 Å². The number of fused-ring (bicyclic) bond motifs is 1. The van der Waals surface area contributed by atoms with Crippen molar-refractivity contribution in [2.24, 2.45) is 11.1 Å². The second kappa shape index (κ2) is 6.15. The maximum atomic E-state index is 12.8. The van der Waals surface area contributed by atoms with Crippen molar-refractivity contribution in [3.8, 4) is 0 Å². The lowest BCUT2D eigenvalue weighted by atomic mass is 9.80. The van der Waals surface area contributed by atoms with E-state index in [1.807, 2.05) is 30.9 Å². The molecule has 0 spiro atoms. The van der Waals surface area contributed by atoms with Crippen molar-refractivity contribution < 1.29 is 4.79 Å². The van der Waals surface area contributed by atoms with E-state index in [9.17, 15) is 4.79 Å². The summed E-state index contributed by atoms with van der Waals surface area (Å²) in [6.07, 6.45) is 2.41. The van der Waals surface area contributed by atoms with Gasteiger partial charge in [-0.2, -0.15) is 0 Å². The van der Waals surface area contributed by atoms with E-state index in [2.05, 4.69) is 6.07 Å². The Morgan fingerprint density at radius 3 is 2.70 bits per heavy atom. The Morgan fingerprint density at radius 2 is 2.10 bits per heavy atom. The highest BCUT2D eigenvalue weighted by molar-refractivity contribution is 6.31. The van der Waals surface area contributed by atoms with Crippen LogP contribution < -0.4 is 5.73 Å². The van der Waals surface area contributed by atoms with Crippen LogP contribution >= 0.6 is 11.6 Å². The van der Waals surface area contributed by atoms with E-state index in [0.717, 1.165) is 36.4 Å². The summed E-state index contributed by atoms with van der Waals surface area (Å²) < 4.78 is 0. The number of rotatable bonds is 4. The van der Waals surface area contributed by atoms with Crippen LogP contribution in [0.1, 0.15) is 37.8 Å². The predicted molar refractivity (Wildman–Crippen MR) is 82.6 cm³/mol. The van der Waals surface area contributed by atoms with Gasteiger partial charge in [-0.1, -0.05) is 37.6 Å². The van der Waals surface area contributed by atoms with Gasteiger partial charge in [0, 0.05) is 24.7 Å². The summed E-state index contributed by atoms with van der Waals surface area (Å²) in [4.78, 5) is 14.8. The standard InChI is InChI=1S/C16H23ClN2O/c1-3-16(4-2,11-18)15(20)19-9-8-13-12(10-19)6-5-7-14(13)17/h5-7H,3-4,8-11,18H2,1-2H3. The molecule has 0 bridgehead atoms. The summed E-state index contributed by atoms with van der Waals surface area (Å²) in [5.74, 6) is 0.190. The zero-order valence-electron chi connectivity index (χ0n) is 12.3. The number of hydrogen-bond acceptors (Lipinski definition) is 2. The molecule has 3 nitrogen and oxygen atoms in total. The average molecular weight is 295 g/mol. The first-order chi connectivity index (χ1) is 9.57. The van der Waals surface area contributed by atoms with Crippen LogP contribution in [0.25, 0.3) is 0 Å². The number of amides is 1. The van der Waals surface area contributed by atoms with Crippen molar-refractivity contribution in [2.75, 3.05) is 13.1 Å². The molecule has 0 aromatic heterocycles. The van der Waals surface area contributed by atoms with Gasteiger partial charge in [-0.25, -0.2) is 0 Å². The predicted octanol–water partition coefficient (Wildman–Crippen LogP) is 2.99. The Morgan fingerprint density at radius 1 is 1.40 bits per heavy atom. The molecule has 1 aliphatic rings. The molecule has 0 aliphatic carbocycles. The zero-order chi connectivity index (χ0) is 14.8. The number of nitrogens with zero attached hydrogens (tertiary/aromatic N) is 1. The monoisotopic (exact) mass is 294 g/mol. The third-order valence-electron chi connectivity index (χ3n) is 4.69. The van der Waals surface area contributed by atoms with E-state index in [1.165, 1.54) is 5.56 Å². The lowest BCUT2D eigenvalue weighted by molar-refractivity contribution is -0.143. The van der Waals surface area contributed by atoms with Gasteiger partial charge in [-0.15, -0.1) is 0 Å². The summed E-state index contributed by atoms with van der Waals surface area (Å²) in [6.45, 7) is 5.89. The molecule has 0 radical (unpaired) electrons. The Hall–Kier alpha value is -1.06. The van der Waals surface area contributed by atoms with Crippen LogP contribution in [0.3, 0.4) is 0 Å². The van der Waals surface area contributed by atoms with Crippen molar-refractivity contribution in [2.45, 2.75) is 39.7 Å². The minimum absolute atomic E-state index is 0.190. The number of hydrogen-bond donors (Lipinski definition) is 1. The maximum Gasteiger partial charge on any atom is 0.230 e. The Bertz CT molecular complexity index is 489. The lowest BCUT2D eigenvalue weighted by Gasteiger charge is -2.38. The van der Waals surface area contributed by atoms with Gasteiger partial charge in [0.15, 0.2) is 0 Å². The van der Waals surface area contributed by atoms with Gasteiger partial charge in [0.05, 0.1) is 5.41 Å². The summed E-state index contributed by atoms with van der Waals surface area (Å²) in [7, 11) is 0. The summed E-state index contributed by atoms with van der Waals surface area (Å²) in [5.41, 5.74) is 7.83. The molecule has 0 unspecified atom stereocenters. The van der Waals surface area contributed by atoms with Gasteiger partial charge in [0.1, 0.15) is 0 Å². The van der Waals surface area contributed by atoms with Crippen LogP contribution in [0.5, 0.6) is 0 Å². The number of carbonyl (C=O) groups excluding carboxylic acids is 1. The van der Waals surface area contributed by atoms with E-state index in [4.69, 9.17) is 17.3 Å². The van der Waals surface area contributed by atoms with Gasteiger partial charge in [-0.05, 0) is 36.5 Å². The molecule has 20 heavy (non-hydrogen) atoms. The van der Waals surface area contributed by atoms with Crippen LogP contribution in [-0.2, 0) is 17.8 Å². The summed E-state index contributed by atoms with van der Waals surface area (Å²) >= 11 is 6.22. The Labute approximate surface area is 126 Å². The van der Waals surface area contributed by atoms with E-state index in [0.29, 0.717) is 13.1 Å². The molecule has 4 heteroatoms. The van der Waals surface area contributed by atoms with Crippen LogP contribution in [0.15, 0.2) is 18.2 Å². The van der Waals surface area contributed by atoms with Crippen molar-refractivity contribution in [3.05, 3.63) is 34.3 Å². The van der Waals surface area contributed by atoms with E-state index in [-0.39, 0.29) is 5.91 Å². The first-order valence-corrected chi connectivity index (χ1v) is 7.71.